The second-order valence-corrected chi connectivity index (χ2v) is 3.41. The van der Waals surface area contributed by atoms with Crippen molar-refractivity contribution < 1.29 is 4.74 Å². The largest absolute Gasteiger partial charge is 0.383 e. The second-order valence-electron chi connectivity index (χ2n) is 3.41. The molecule has 4 heteroatoms. The van der Waals surface area contributed by atoms with Gasteiger partial charge in [-0.2, -0.15) is 0 Å². The molecule has 0 aliphatic carbocycles. The van der Waals surface area contributed by atoms with Crippen molar-refractivity contribution >= 4 is 5.69 Å². The van der Waals surface area contributed by atoms with Crippen LogP contribution < -0.4 is 5.32 Å². The third kappa shape index (κ3) is 2.41. The Hall–Kier alpha value is -1.81. The molecule has 0 spiro atoms. The van der Waals surface area contributed by atoms with Gasteiger partial charge in [0.25, 0.3) is 0 Å². The summed E-state index contributed by atoms with van der Waals surface area (Å²) in [5.74, 6) is 0. The number of hydrogen-bond donors (Lipinski definition) is 1. The van der Waals surface area contributed by atoms with Gasteiger partial charge >= 0.3 is 0 Å². The fraction of sp³-hybridized carbons (Fsp3) is 0.250. The van der Waals surface area contributed by atoms with E-state index in [0.717, 1.165) is 17.9 Å². The van der Waals surface area contributed by atoms with Crippen LogP contribution in [0.15, 0.2) is 43.0 Å². The number of imidazole rings is 1. The lowest BCUT2D eigenvalue weighted by atomic mass is 10.2. The van der Waals surface area contributed by atoms with Crippen LogP contribution in [0, 0.1) is 0 Å². The molecule has 84 valence electrons. The quantitative estimate of drug-likeness (QED) is 0.778. The van der Waals surface area contributed by atoms with Gasteiger partial charge in [-0.05, 0) is 12.1 Å². The first-order valence-corrected chi connectivity index (χ1v) is 5.22. The molecule has 2 rings (SSSR count). The Balaban J connectivity index is 2.18. The van der Waals surface area contributed by atoms with Crippen molar-refractivity contribution in [2.45, 2.75) is 0 Å². The maximum absolute atomic E-state index is 5.01. The van der Waals surface area contributed by atoms with Gasteiger partial charge < -0.3 is 14.6 Å². The van der Waals surface area contributed by atoms with Gasteiger partial charge in [-0.25, -0.2) is 4.98 Å². The van der Waals surface area contributed by atoms with Gasteiger partial charge in [0.2, 0.25) is 0 Å². The minimum absolute atomic E-state index is 0.693. The van der Waals surface area contributed by atoms with E-state index >= 15 is 0 Å². The van der Waals surface area contributed by atoms with E-state index in [2.05, 4.69) is 16.4 Å². The van der Waals surface area contributed by atoms with Gasteiger partial charge in [0, 0.05) is 26.0 Å². The predicted molar refractivity (Wildman–Crippen MR) is 63.9 cm³/mol. The van der Waals surface area contributed by atoms with Gasteiger partial charge in [-0.3, -0.25) is 0 Å². The van der Waals surface area contributed by atoms with Crippen LogP contribution in [-0.2, 0) is 4.74 Å². The molecule has 0 aliphatic rings. The maximum atomic E-state index is 5.01. The van der Waals surface area contributed by atoms with E-state index in [0.29, 0.717) is 6.61 Å². The molecule has 0 atom stereocenters. The minimum atomic E-state index is 0.693. The van der Waals surface area contributed by atoms with Gasteiger partial charge in [0.1, 0.15) is 0 Å². The van der Waals surface area contributed by atoms with Crippen molar-refractivity contribution in [2.24, 2.45) is 0 Å². The molecular formula is C12H15N3O. The highest BCUT2D eigenvalue weighted by Gasteiger charge is 2.01. The summed E-state index contributed by atoms with van der Waals surface area (Å²) in [6, 6.07) is 8.12. The molecule has 1 aromatic carbocycles. The fourth-order valence-corrected chi connectivity index (χ4v) is 1.54. The summed E-state index contributed by atoms with van der Waals surface area (Å²) in [5.41, 5.74) is 2.17. The summed E-state index contributed by atoms with van der Waals surface area (Å²) in [5, 5.41) is 3.33. The molecule has 2 aromatic rings. The lowest BCUT2D eigenvalue weighted by Crippen LogP contribution is -2.09. The highest BCUT2D eigenvalue weighted by Crippen LogP contribution is 2.18. The molecule has 1 heterocycles. The molecule has 0 fully saturated rings. The lowest BCUT2D eigenvalue weighted by molar-refractivity contribution is 0.211. The summed E-state index contributed by atoms with van der Waals surface area (Å²) < 4.78 is 6.99. The fourth-order valence-electron chi connectivity index (χ4n) is 1.54. The Bertz CT molecular complexity index is 426. The van der Waals surface area contributed by atoms with E-state index < -0.39 is 0 Å². The molecule has 0 amide bonds. The third-order valence-corrected chi connectivity index (χ3v) is 2.31. The van der Waals surface area contributed by atoms with E-state index in [1.807, 2.05) is 29.0 Å². The van der Waals surface area contributed by atoms with Crippen molar-refractivity contribution in [1.82, 2.24) is 9.55 Å². The van der Waals surface area contributed by atoms with Crippen LogP contribution >= 0.6 is 0 Å². The number of nitrogens with one attached hydrogen (secondary N) is 1. The number of hydrogen-bond acceptors (Lipinski definition) is 3. The number of benzene rings is 1. The Labute approximate surface area is 94.9 Å². The zero-order chi connectivity index (χ0) is 11.2. The number of aromatic nitrogens is 2. The van der Waals surface area contributed by atoms with E-state index in [-0.39, 0.29) is 0 Å². The van der Waals surface area contributed by atoms with Crippen LogP contribution in [0.1, 0.15) is 0 Å². The average Bonchev–Trinajstić information content (AvgIpc) is 2.83. The van der Waals surface area contributed by atoms with Crippen LogP contribution in [0.25, 0.3) is 5.69 Å². The number of anilines is 1. The second kappa shape index (κ2) is 5.32. The van der Waals surface area contributed by atoms with E-state index in [9.17, 15) is 0 Å². The molecule has 1 N–H and O–H groups in total. The first-order chi connectivity index (χ1) is 7.92. The standard InChI is InChI=1S/C12H15N3O/c1-16-9-7-14-11-4-2-3-5-12(11)15-8-6-13-10-15/h2-6,8,10,14H,7,9H2,1H3. The Morgan fingerprint density at radius 2 is 2.25 bits per heavy atom. The zero-order valence-corrected chi connectivity index (χ0v) is 9.26. The first-order valence-electron chi connectivity index (χ1n) is 5.22. The number of nitrogens with zero attached hydrogens (tertiary/aromatic N) is 2. The molecule has 0 aliphatic heterocycles. The summed E-state index contributed by atoms with van der Waals surface area (Å²) in [6.07, 6.45) is 5.49. The molecule has 0 bridgehead atoms. The number of ether oxygens (including phenoxy) is 1. The van der Waals surface area contributed by atoms with E-state index in [4.69, 9.17) is 4.74 Å². The smallest absolute Gasteiger partial charge is 0.0992 e. The number of para-hydroxylation sites is 2. The molecule has 0 saturated heterocycles. The van der Waals surface area contributed by atoms with Gasteiger partial charge in [0.05, 0.1) is 24.3 Å². The van der Waals surface area contributed by atoms with Crippen molar-refractivity contribution in [3.8, 4) is 5.69 Å². The molecule has 16 heavy (non-hydrogen) atoms. The normalized spacial score (nSPS) is 10.3. The number of methoxy groups -OCH3 is 1. The molecular weight excluding hydrogens is 202 g/mol. The Morgan fingerprint density at radius 3 is 3.00 bits per heavy atom. The van der Waals surface area contributed by atoms with Gasteiger partial charge in [-0.15, -0.1) is 0 Å². The molecule has 0 radical (unpaired) electrons. The summed E-state index contributed by atoms with van der Waals surface area (Å²) in [4.78, 5) is 4.05. The average molecular weight is 217 g/mol. The summed E-state index contributed by atoms with van der Waals surface area (Å²) >= 11 is 0. The van der Waals surface area contributed by atoms with Crippen LogP contribution in [0.2, 0.25) is 0 Å². The minimum Gasteiger partial charge on any atom is -0.383 e. The zero-order valence-electron chi connectivity index (χ0n) is 9.26. The van der Waals surface area contributed by atoms with Crippen molar-refractivity contribution in [2.75, 3.05) is 25.6 Å². The first kappa shape index (κ1) is 10.7. The summed E-state index contributed by atoms with van der Waals surface area (Å²) in [7, 11) is 1.70. The Kier molecular flexibility index (Phi) is 3.56. The highest BCUT2D eigenvalue weighted by atomic mass is 16.5. The van der Waals surface area contributed by atoms with E-state index in [1.54, 1.807) is 19.6 Å². The Morgan fingerprint density at radius 1 is 1.38 bits per heavy atom. The van der Waals surface area contributed by atoms with Gasteiger partial charge in [-0.1, -0.05) is 12.1 Å². The lowest BCUT2D eigenvalue weighted by Gasteiger charge is -2.11. The maximum Gasteiger partial charge on any atom is 0.0992 e. The van der Waals surface area contributed by atoms with Crippen LogP contribution in [0.3, 0.4) is 0 Å². The monoisotopic (exact) mass is 217 g/mol. The third-order valence-electron chi connectivity index (χ3n) is 2.31. The summed E-state index contributed by atoms with van der Waals surface area (Å²) in [6.45, 7) is 1.49. The number of rotatable bonds is 5. The van der Waals surface area contributed by atoms with E-state index in [1.165, 1.54) is 0 Å². The molecule has 0 unspecified atom stereocenters. The molecule has 0 saturated carbocycles. The van der Waals surface area contributed by atoms with Crippen molar-refractivity contribution in [3.63, 3.8) is 0 Å². The van der Waals surface area contributed by atoms with Crippen LogP contribution in [0.5, 0.6) is 0 Å². The molecule has 4 nitrogen and oxygen atoms in total. The topological polar surface area (TPSA) is 39.1 Å². The predicted octanol–water partition coefficient (Wildman–Crippen LogP) is 1.93. The van der Waals surface area contributed by atoms with Crippen molar-refractivity contribution in [1.29, 1.82) is 0 Å². The molecule has 1 aromatic heterocycles. The van der Waals surface area contributed by atoms with Crippen molar-refractivity contribution in [3.05, 3.63) is 43.0 Å². The SMILES string of the molecule is COCCNc1ccccc1-n1ccnc1. The van der Waals surface area contributed by atoms with Crippen LogP contribution in [0.4, 0.5) is 5.69 Å². The highest BCUT2D eigenvalue weighted by molar-refractivity contribution is 5.60. The van der Waals surface area contributed by atoms with Gasteiger partial charge in [0.15, 0.2) is 0 Å². The van der Waals surface area contributed by atoms with Crippen LogP contribution in [-0.4, -0.2) is 29.8 Å².